The van der Waals surface area contributed by atoms with Gasteiger partial charge < -0.3 is 9.47 Å². The van der Waals surface area contributed by atoms with Crippen LogP contribution in [-0.2, 0) is 27.5 Å². The minimum Gasteiger partial charge on any atom is -0.469 e. The number of nitrogens with zero attached hydrogens (tertiary/aromatic N) is 1. The Hall–Kier alpha value is -1.52. The summed E-state index contributed by atoms with van der Waals surface area (Å²) in [7, 11) is 0.968. The zero-order chi connectivity index (χ0) is 17.1. The maximum Gasteiger partial charge on any atom is 0.574 e. The molecule has 0 N–H and O–H groups in total. The Morgan fingerprint density at radius 1 is 1.27 bits per heavy atom. The fourth-order valence-electron chi connectivity index (χ4n) is 1.62. The van der Waals surface area contributed by atoms with Gasteiger partial charge in [-0.05, 0) is 5.56 Å². The summed E-state index contributed by atoms with van der Waals surface area (Å²) in [6, 6.07) is 0. The number of esters is 1. The first-order valence-electron chi connectivity index (χ1n) is 5.46. The van der Waals surface area contributed by atoms with Crippen LogP contribution in [0.25, 0.3) is 0 Å². The predicted octanol–water partition coefficient (Wildman–Crippen LogP) is 3.61. The van der Waals surface area contributed by atoms with Crippen LogP contribution in [0.2, 0.25) is 0 Å². The number of rotatable bonds is 4. The minimum atomic E-state index is -5.20. The molecule has 124 valence electrons. The summed E-state index contributed by atoms with van der Waals surface area (Å²) in [5, 5.41) is -0.602. The van der Waals surface area contributed by atoms with Gasteiger partial charge in [-0.15, -0.1) is 13.2 Å². The molecule has 11 heteroatoms. The maximum absolute atomic E-state index is 13.1. The van der Waals surface area contributed by atoms with Crippen LogP contribution in [0.3, 0.4) is 0 Å². The number of carbonyl (C=O) groups is 1. The quantitative estimate of drug-likeness (QED) is 0.444. The fourth-order valence-corrected chi connectivity index (χ4v) is 2.14. The summed E-state index contributed by atoms with van der Waals surface area (Å²) in [5.74, 6) is -2.22. The Balaban J connectivity index is 3.47. The van der Waals surface area contributed by atoms with E-state index in [4.69, 9.17) is 0 Å². The number of methoxy groups -OCH3 is 1. The molecule has 1 heterocycles. The van der Waals surface area contributed by atoms with Crippen molar-refractivity contribution in [3.05, 3.63) is 22.9 Å². The van der Waals surface area contributed by atoms with E-state index in [1.54, 1.807) is 0 Å². The normalized spacial score (nSPS) is 12.2. The zero-order valence-electron chi connectivity index (χ0n) is 10.8. The molecule has 1 rings (SSSR count). The topological polar surface area (TPSA) is 48.4 Å². The van der Waals surface area contributed by atoms with E-state index in [0.29, 0.717) is 6.20 Å². The smallest absolute Gasteiger partial charge is 0.469 e. The van der Waals surface area contributed by atoms with Crippen LogP contribution < -0.4 is 4.74 Å². The molecule has 1 aromatic heterocycles. The van der Waals surface area contributed by atoms with E-state index in [1.807, 2.05) is 0 Å². The molecule has 0 aromatic carbocycles. The fraction of sp³-hybridized carbons (Fsp3) is 0.455. The van der Waals surface area contributed by atoms with Crippen molar-refractivity contribution < 1.29 is 40.6 Å². The zero-order valence-corrected chi connectivity index (χ0v) is 12.4. The molecule has 22 heavy (non-hydrogen) atoms. The molecule has 0 bridgehead atoms. The Bertz CT molecular complexity index is 558. The monoisotopic (exact) mass is 395 g/mol. The molecule has 0 aliphatic heterocycles. The average Bonchev–Trinajstić information content (AvgIpc) is 2.36. The standard InChI is InChI=1S/C11H8BrF6NO3/c1-21-7(20)2-5-4-19-9(22-11(16,17)18)6(3-12)8(5)10(13,14)15/h4H,2-3H2,1H3. The average molecular weight is 396 g/mol. The third kappa shape index (κ3) is 4.75. The summed E-state index contributed by atoms with van der Waals surface area (Å²) in [4.78, 5) is 14.3. The molecular formula is C11H8BrF6NO3. The van der Waals surface area contributed by atoms with Crippen LogP contribution in [0.4, 0.5) is 26.3 Å². The Morgan fingerprint density at radius 3 is 2.27 bits per heavy atom. The van der Waals surface area contributed by atoms with Crippen molar-refractivity contribution in [2.45, 2.75) is 24.3 Å². The second-order valence-corrected chi connectivity index (χ2v) is 4.43. The third-order valence-electron chi connectivity index (χ3n) is 2.41. The SMILES string of the molecule is COC(=O)Cc1cnc(OC(F)(F)F)c(CBr)c1C(F)(F)F. The molecule has 0 atom stereocenters. The lowest BCUT2D eigenvalue weighted by Gasteiger charge is -2.19. The van der Waals surface area contributed by atoms with Crippen molar-refractivity contribution in [3.8, 4) is 5.88 Å². The van der Waals surface area contributed by atoms with E-state index in [2.05, 4.69) is 30.4 Å². The van der Waals surface area contributed by atoms with Gasteiger partial charge in [0, 0.05) is 17.1 Å². The Labute approximate surface area is 128 Å². The highest BCUT2D eigenvalue weighted by molar-refractivity contribution is 9.08. The number of halogens is 7. The molecule has 0 aliphatic rings. The molecule has 0 saturated heterocycles. The first-order valence-corrected chi connectivity index (χ1v) is 6.58. The first-order chi connectivity index (χ1) is 9.99. The van der Waals surface area contributed by atoms with E-state index in [1.165, 1.54) is 0 Å². The number of pyridine rings is 1. The van der Waals surface area contributed by atoms with E-state index in [0.717, 1.165) is 7.11 Å². The molecule has 0 radical (unpaired) electrons. The van der Waals surface area contributed by atoms with Crippen molar-refractivity contribution in [2.75, 3.05) is 7.11 Å². The van der Waals surface area contributed by atoms with Crippen LogP contribution >= 0.6 is 15.9 Å². The van der Waals surface area contributed by atoms with Crippen LogP contribution in [0.15, 0.2) is 6.20 Å². The minimum absolute atomic E-state index is 0.507. The lowest BCUT2D eigenvalue weighted by Crippen LogP contribution is -2.22. The summed E-state index contributed by atoms with van der Waals surface area (Å²) in [6.07, 6.45) is -10.5. The predicted molar refractivity (Wildman–Crippen MR) is 64.3 cm³/mol. The van der Waals surface area contributed by atoms with Crippen molar-refractivity contribution in [3.63, 3.8) is 0 Å². The largest absolute Gasteiger partial charge is 0.574 e. The number of ether oxygens (including phenoxy) is 2. The van der Waals surface area contributed by atoms with E-state index >= 15 is 0 Å². The number of carbonyl (C=O) groups excluding carboxylic acids is 1. The summed E-state index contributed by atoms with van der Waals surface area (Å²) >= 11 is 2.67. The molecule has 0 saturated carbocycles. The van der Waals surface area contributed by atoms with Gasteiger partial charge in [0.05, 0.1) is 19.1 Å². The molecule has 0 amide bonds. The molecule has 0 aliphatic carbocycles. The third-order valence-corrected chi connectivity index (χ3v) is 2.97. The van der Waals surface area contributed by atoms with Gasteiger partial charge in [0.2, 0.25) is 5.88 Å². The van der Waals surface area contributed by atoms with Gasteiger partial charge in [0.25, 0.3) is 0 Å². The lowest BCUT2D eigenvalue weighted by molar-refractivity contribution is -0.276. The first kappa shape index (κ1) is 18.5. The van der Waals surface area contributed by atoms with Crippen LogP contribution in [0.5, 0.6) is 5.88 Å². The number of hydrogen-bond donors (Lipinski definition) is 0. The maximum atomic E-state index is 13.1. The highest BCUT2D eigenvalue weighted by atomic mass is 79.9. The Kier molecular flexibility index (Phi) is 5.65. The van der Waals surface area contributed by atoms with Crippen molar-refractivity contribution in [2.24, 2.45) is 0 Å². The number of aromatic nitrogens is 1. The van der Waals surface area contributed by atoms with Gasteiger partial charge in [-0.25, -0.2) is 4.98 Å². The van der Waals surface area contributed by atoms with Crippen LogP contribution in [-0.4, -0.2) is 24.4 Å². The van der Waals surface area contributed by atoms with Gasteiger partial charge in [0.1, 0.15) is 0 Å². The van der Waals surface area contributed by atoms with Gasteiger partial charge in [0.15, 0.2) is 0 Å². The van der Waals surface area contributed by atoms with Crippen LogP contribution in [0, 0.1) is 0 Å². The second-order valence-electron chi connectivity index (χ2n) is 3.87. The highest BCUT2D eigenvalue weighted by Crippen LogP contribution is 2.40. The summed E-state index contributed by atoms with van der Waals surface area (Å²) < 4.78 is 83.8. The van der Waals surface area contributed by atoms with E-state index in [-0.39, 0.29) is 0 Å². The summed E-state index contributed by atoms with van der Waals surface area (Å²) in [5.41, 5.74) is -2.88. The molecular weight excluding hydrogens is 388 g/mol. The van der Waals surface area contributed by atoms with E-state index in [9.17, 15) is 31.1 Å². The Morgan fingerprint density at radius 2 is 1.86 bits per heavy atom. The lowest BCUT2D eigenvalue weighted by atomic mass is 10.0. The van der Waals surface area contributed by atoms with Gasteiger partial charge in [-0.2, -0.15) is 13.2 Å². The van der Waals surface area contributed by atoms with Gasteiger partial charge in [-0.1, -0.05) is 15.9 Å². The molecule has 1 aromatic rings. The van der Waals surface area contributed by atoms with Crippen molar-refractivity contribution in [1.29, 1.82) is 0 Å². The van der Waals surface area contributed by atoms with Crippen molar-refractivity contribution in [1.82, 2.24) is 4.98 Å². The van der Waals surface area contributed by atoms with Gasteiger partial charge >= 0.3 is 18.5 Å². The van der Waals surface area contributed by atoms with Gasteiger partial charge in [-0.3, -0.25) is 4.79 Å². The van der Waals surface area contributed by atoms with Crippen LogP contribution in [0.1, 0.15) is 16.7 Å². The number of alkyl halides is 7. The molecule has 0 unspecified atom stereocenters. The van der Waals surface area contributed by atoms with Crippen molar-refractivity contribution >= 4 is 21.9 Å². The summed E-state index contributed by atoms with van der Waals surface area (Å²) in [6.45, 7) is 0. The second kappa shape index (κ2) is 6.71. The molecule has 4 nitrogen and oxygen atoms in total. The molecule has 0 spiro atoms. The molecule has 0 fully saturated rings. The number of hydrogen-bond acceptors (Lipinski definition) is 4. The van der Waals surface area contributed by atoms with E-state index < -0.39 is 52.8 Å². The highest BCUT2D eigenvalue weighted by Gasteiger charge is 2.40.